The van der Waals surface area contributed by atoms with Crippen LogP contribution in [0.15, 0.2) is 0 Å². The highest BCUT2D eigenvalue weighted by Crippen LogP contribution is 2.22. The van der Waals surface area contributed by atoms with Crippen molar-refractivity contribution in [2.75, 3.05) is 18.5 Å². The van der Waals surface area contributed by atoms with Crippen LogP contribution < -0.4 is 10.6 Å². The van der Waals surface area contributed by atoms with Crippen LogP contribution in [0.5, 0.6) is 0 Å². The van der Waals surface area contributed by atoms with E-state index in [2.05, 4.69) is 20.8 Å². The van der Waals surface area contributed by atoms with Gasteiger partial charge in [-0.1, -0.05) is 25.2 Å². The molecule has 1 fully saturated rings. The molecule has 1 aliphatic rings. The van der Waals surface area contributed by atoms with Gasteiger partial charge >= 0.3 is 6.03 Å². The number of urea groups is 1. The Morgan fingerprint density at radius 1 is 1.56 bits per heavy atom. The molecule has 6 nitrogen and oxygen atoms in total. The van der Waals surface area contributed by atoms with E-state index in [-0.39, 0.29) is 12.1 Å². The molecule has 7 heteroatoms. The van der Waals surface area contributed by atoms with Crippen LogP contribution in [-0.2, 0) is 4.74 Å². The zero-order chi connectivity index (χ0) is 13.0. The number of anilines is 1. The van der Waals surface area contributed by atoms with Gasteiger partial charge in [0.2, 0.25) is 5.13 Å². The number of nitrogens with zero attached hydrogens (tertiary/aromatic N) is 2. The predicted octanol–water partition coefficient (Wildman–Crippen LogP) is 1.96. The second-order valence-corrected chi connectivity index (χ2v) is 5.58. The third-order valence-corrected chi connectivity index (χ3v) is 3.81. The molecular weight excluding hydrogens is 252 g/mol. The Hall–Kier alpha value is -1.21. The van der Waals surface area contributed by atoms with E-state index in [1.165, 1.54) is 11.3 Å². The molecule has 2 heterocycles. The van der Waals surface area contributed by atoms with E-state index < -0.39 is 0 Å². The average Bonchev–Trinajstić information content (AvgIpc) is 2.96. The molecular formula is C11H18N4O2S. The van der Waals surface area contributed by atoms with Gasteiger partial charge in [0.15, 0.2) is 0 Å². The molecule has 1 aromatic rings. The summed E-state index contributed by atoms with van der Waals surface area (Å²) in [5.41, 5.74) is 0. The molecule has 1 saturated heterocycles. The van der Waals surface area contributed by atoms with Gasteiger partial charge in [0.05, 0.1) is 6.10 Å². The largest absolute Gasteiger partial charge is 0.376 e. The highest BCUT2D eigenvalue weighted by atomic mass is 32.1. The van der Waals surface area contributed by atoms with Crippen LogP contribution in [-0.4, -0.2) is 35.5 Å². The first-order valence-corrected chi connectivity index (χ1v) is 6.96. The fourth-order valence-corrected chi connectivity index (χ4v) is 2.41. The molecule has 0 aromatic carbocycles. The smallest absolute Gasteiger partial charge is 0.321 e. The molecule has 0 saturated carbocycles. The summed E-state index contributed by atoms with van der Waals surface area (Å²) >= 11 is 1.40. The van der Waals surface area contributed by atoms with E-state index in [9.17, 15) is 4.79 Å². The maximum absolute atomic E-state index is 11.6. The molecule has 2 amide bonds. The minimum absolute atomic E-state index is 0.149. The zero-order valence-corrected chi connectivity index (χ0v) is 11.4. The lowest BCUT2D eigenvalue weighted by molar-refractivity contribution is 0.112. The zero-order valence-electron chi connectivity index (χ0n) is 10.6. The number of carbonyl (C=O) groups is 1. The van der Waals surface area contributed by atoms with Crippen molar-refractivity contribution in [2.24, 2.45) is 0 Å². The number of hydrogen-bond acceptors (Lipinski definition) is 5. The Labute approximate surface area is 110 Å². The van der Waals surface area contributed by atoms with Crippen LogP contribution >= 0.6 is 11.3 Å². The van der Waals surface area contributed by atoms with E-state index in [1.807, 2.05) is 13.8 Å². The Kier molecular flexibility index (Phi) is 4.48. The molecule has 2 rings (SSSR count). The summed E-state index contributed by atoms with van der Waals surface area (Å²) in [6.07, 6.45) is 2.23. The SMILES string of the molecule is CC(C)c1nnc(NC(=O)NC[C@H]2CCCO2)s1. The van der Waals surface area contributed by atoms with Crippen LogP contribution in [0.2, 0.25) is 0 Å². The van der Waals surface area contributed by atoms with Gasteiger partial charge < -0.3 is 10.1 Å². The topological polar surface area (TPSA) is 76.1 Å². The summed E-state index contributed by atoms with van der Waals surface area (Å²) in [7, 11) is 0. The second-order valence-electron chi connectivity index (χ2n) is 4.57. The van der Waals surface area contributed by atoms with E-state index in [1.54, 1.807) is 0 Å². The van der Waals surface area contributed by atoms with Gasteiger partial charge in [-0.15, -0.1) is 10.2 Å². The molecule has 100 valence electrons. The maximum atomic E-state index is 11.6. The van der Waals surface area contributed by atoms with Crippen LogP contribution in [0.3, 0.4) is 0 Å². The highest BCUT2D eigenvalue weighted by Gasteiger charge is 2.16. The number of ether oxygens (including phenoxy) is 1. The summed E-state index contributed by atoms with van der Waals surface area (Å²) in [4.78, 5) is 11.6. The molecule has 0 spiro atoms. The van der Waals surface area contributed by atoms with Gasteiger partial charge in [0, 0.05) is 19.1 Å². The van der Waals surface area contributed by atoms with Crippen molar-refractivity contribution in [1.82, 2.24) is 15.5 Å². The van der Waals surface area contributed by atoms with Crippen molar-refractivity contribution in [2.45, 2.75) is 38.7 Å². The van der Waals surface area contributed by atoms with E-state index >= 15 is 0 Å². The minimum Gasteiger partial charge on any atom is -0.376 e. The predicted molar refractivity (Wildman–Crippen MR) is 70.0 cm³/mol. The molecule has 18 heavy (non-hydrogen) atoms. The third kappa shape index (κ3) is 3.64. The Morgan fingerprint density at radius 2 is 2.39 bits per heavy atom. The van der Waals surface area contributed by atoms with Crippen LogP contribution in [0.1, 0.15) is 37.6 Å². The molecule has 0 unspecified atom stereocenters. The van der Waals surface area contributed by atoms with Gasteiger partial charge in [-0.05, 0) is 12.8 Å². The third-order valence-electron chi connectivity index (χ3n) is 2.67. The van der Waals surface area contributed by atoms with Crippen LogP contribution in [0, 0.1) is 0 Å². The number of amides is 2. The number of carbonyl (C=O) groups excluding carboxylic acids is 1. The molecule has 0 radical (unpaired) electrons. The molecule has 1 aromatic heterocycles. The standard InChI is InChI=1S/C11H18N4O2S/c1-7(2)9-14-15-11(18-9)13-10(16)12-6-8-4-3-5-17-8/h7-8H,3-6H2,1-2H3,(H2,12,13,15,16)/t8-/m1/s1. The van der Waals surface area contributed by atoms with Crippen molar-refractivity contribution >= 4 is 22.5 Å². The van der Waals surface area contributed by atoms with Crippen molar-refractivity contribution in [3.63, 3.8) is 0 Å². The first-order valence-electron chi connectivity index (χ1n) is 6.15. The van der Waals surface area contributed by atoms with Gasteiger partial charge in [-0.2, -0.15) is 0 Å². The first kappa shape index (κ1) is 13.2. The second kappa shape index (κ2) is 6.10. The van der Waals surface area contributed by atoms with Crippen LogP contribution in [0.4, 0.5) is 9.93 Å². The lowest BCUT2D eigenvalue weighted by Crippen LogP contribution is -2.34. The number of aromatic nitrogens is 2. The van der Waals surface area contributed by atoms with Gasteiger partial charge in [-0.25, -0.2) is 4.79 Å². The normalized spacial score (nSPS) is 19.2. The monoisotopic (exact) mass is 270 g/mol. The average molecular weight is 270 g/mol. The lowest BCUT2D eigenvalue weighted by atomic mass is 10.2. The lowest BCUT2D eigenvalue weighted by Gasteiger charge is -2.10. The Balaban J connectivity index is 1.75. The number of rotatable bonds is 4. The quantitative estimate of drug-likeness (QED) is 0.877. The van der Waals surface area contributed by atoms with Gasteiger partial charge in [0.25, 0.3) is 0 Å². The van der Waals surface area contributed by atoms with Crippen molar-refractivity contribution in [3.8, 4) is 0 Å². The molecule has 1 aliphatic heterocycles. The van der Waals surface area contributed by atoms with E-state index in [4.69, 9.17) is 4.74 Å². The fourth-order valence-electron chi connectivity index (χ4n) is 1.67. The number of hydrogen-bond donors (Lipinski definition) is 2. The summed E-state index contributed by atoms with van der Waals surface area (Å²) in [6, 6.07) is -0.253. The molecule has 0 bridgehead atoms. The highest BCUT2D eigenvalue weighted by molar-refractivity contribution is 7.15. The van der Waals surface area contributed by atoms with E-state index in [0.717, 1.165) is 24.5 Å². The summed E-state index contributed by atoms with van der Waals surface area (Å²) in [6.45, 7) is 5.42. The van der Waals surface area contributed by atoms with Gasteiger partial charge in [0.1, 0.15) is 5.01 Å². The molecule has 2 N–H and O–H groups in total. The fraction of sp³-hybridized carbons (Fsp3) is 0.727. The maximum Gasteiger partial charge on any atom is 0.321 e. The Bertz CT molecular complexity index is 402. The minimum atomic E-state index is -0.253. The number of nitrogens with one attached hydrogen (secondary N) is 2. The summed E-state index contributed by atoms with van der Waals surface area (Å²) in [5, 5.41) is 14.8. The van der Waals surface area contributed by atoms with Crippen molar-refractivity contribution in [3.05, 3.63) is 5.01 Å². The molecule has 1 atom stereocenters. The molecule has 0 aliphatic carbocycles. The van der Waals surface area contributed by atoms with Crippen molar-refractivity contribution in [1.29, 1.82) is 0 Å². The first-order chi connectivity index (χ1) is 8.65. The van der Waals surface area contributed by atoms with Crippen molar-refractivity contribution < 1.29 is 9.53 Å². The summed E-state index contributed by atoms with van der Waals surface area (Å²) < 4.78 is 5.42. The van der Waals surface area contributed by atoms with Crippen LogP contribution in [0.25, 0.3) is 0 Å². The van der Waals surface area contributed by atoms with E-state index in [0.29, 0.717) is 17.6 Å². The van der Waals surface area contributed by atoms with Gasteiger partial charge in [-0.3, -0.25) is 5.32 Å². The Morgan fingerprint density at radius 3 is 3.00 bits per heavy atom. The summed E-state index contributed by atoms with van der Waals surface area (Å²) in [5.74, 6) is 0.327.